The van der Waals surface area contributed by atoms with Crippen LogP contribution in [0.15, 0.2) is 48.8 Å². The summed E-state index contributed by atoms with van der Waals surface area (Å²) < 4.78 is 0. The first-order valence-electron chi connectivity index (χ1n) is 7.22. The molecule has 0 aliphatic rings. The Hall–Kier alpha value is -3.09. The molecule has 23 heavy (non-hydrogen) atoms. The lowest BCUT2D eigenvalue weighted by Gasteiger charge is -2.14. The zero-order valence-corrected chi connectivity index (χ0v) is 12.6. The topological polar surface area (TPSA) is 96.5 Å². The third-order valence-electron chi connectivity index (χ3n) is 3.44. The van der Waals surface area contributed by atoms with Crippen LogP contribution in [0.25, 0.3) is 0 Å². The Morgan fingerprint density at radius 3 is 2.91 bits per heavy atom. The third-order valence-corrected chi connectivity index (χ3v) is 3.44. The summed E-state index contributed by atoms with van der Waals surface area (Å²) >= 11 is 0. The molecule has 0 fully saturated rings. The van der Waals surface area contributed by atoms with E-state index in [1.165, 1.54) is 0 Å². The van der Waals surface area contributed by atoms with Crippen molar-refractivity contribution in [3.8, 4) is 0 Å². The largest absolute Gasteiger partial charge is 0.325 e. The molecule has 0 bridgehead atoms. The van der Waals surface area contributed by atoms with Crippen LogP contribution in [0, 0.1) is 6.92 Å². The van der Waals surface area contributed by atoms with Gasteiger partial charge in [0, 0.05) is 18.1 Å². The highest BCUT2D eigenvalue weighted by Gasteiger charge is 2.25. The maximum Gasteiger partial charge on any atom is 0.235 e. The number of nitrogens with zero attached hydrogens (tertiary/aromatic N) is 4. The van der Waals surface area contributed by atoms with E-state index in [0.29, 0.717) is 12.2 Å². The number of H-pyrrole nitrogens is 1. The van der Waals surface area contributed by atoms with Crippen LogP contribution in [0.4, 0.5) is 5.69 Å². The van der Waals surface area contributed by atoms with E-state index in [9.17, 15) is 4.79 Å². The minimum absolute atomic E-state index is 0.180. The van der Waals surface area contributed by atoms with Crippen molar-refractivity contribution in [1.82, 2.24) is 25.6 Å². The average molecular weight is 308 g/mol. The van der Waals surface area contributed by atoms with Gasteiger partial charge in [-0.25, -0.2) is 0 Å². The van der Waals surface area contributed by atoms with Gasteiger partial charge in [0.15, 0.2) is 5.82 Å². The molecule has 2 N–H and O–H groups in total. The van der Waals surface area contributed by atoms with Crippen LogP contribution in [-0.4, -0.2) is 31.5 Å². The van der Waals surface area contributed by atoms with E-state index in [0.717, 1.165) is 16.8 Å². The molecule has 0 radical (unpaired) electrons. The molecule has 1 aromatic carbocycles. The zero-order valence-electron chi connectivity index (χ0n) is 12.6. The molecule has 7 nitrogen and oxygen atoms in total. The zero-order chi connectivity index (χ0) is 16.1. The van der Waals surface area contributed by atoms with E-state index in [2.05, 4.69) is 30.9 Å². The number of hydrogen-bond acceptors (Lipinski definition) is 5. The van der Waals surface area contributed by atoms with Crippen molar-refractivity contribution in [2.24, 2.45) is 0 Å². The number of anilines is 1. The van der Waals surface area contributed by atoms with Crippen LogP contribution < -0.4 is 5.32 Å². The van der Waals surface area contributed by atoms with Crippen molar-refractivity contribution < 1.29 is 4.79 Å². The Morgan fingerprint density at radius 2 is 2.22 bits per heavy atom. The molecule has 2 aromatic heterocycles. The van der Waals surface area contributed by atoms with Crippen LogP contribution in [0.1, 0.15) is 22.9 Å². The van der Waals surface area contributed by atoms with Crippen molar-refractivity contribution in [2.75, 3.05) is 5.32 Å². The number of nitrogens with one attached hydrogen (secondary N) is 2. The third kappa shape index (κ3) is 3.76. The summed E-state index contributed by atoms with van der Waals surface area (Å²) in [5, 5.41) is 16.8. The number of carbonyl (C=O) groups excluding carboxylic acids is 1. The van der Waals surface area contributed by atoms with E-state index in [-0.39, 0.29) is 5.91 Å². The first-order chi connectivity index (χ1) is 11.2. The number of benzene rings is 1. The lowest BCUT2D eigenvalue weighted by atomic mass is 9.98. The number of pyridine rings is 1. The fraction of sp³-hybridized carbons (Fsp3) is 0.188. The van der Waals surface area contributed by atoms with E-state index < -0.39 is 5.92 Å². The predicted molar refractivity (Wildman–Crippen MR) is 84.7 cm³/mol. The summed E-state index contributed by atoms with van der Waals surface area (Å²) in [6.07, 6.45) is 3.87. The second-order valence-electron chi connectivity index (χ2n) is 5.25. The second kappa shape index (κ2) is 6.78. The number of aromatic nitrogens is 5. The molecule has 3 rings (SSSR count). The summed E-state index contributed by atoms with van der Waals surface area (Å²) in [5.74, 6) is -0.363. The lowest BCUT2D eigenvalue weighted by Crippen LogP contribution is -2.24. The SMILES string of the molecule is Cc1cccc(NC(=O)[C@H](Cc2cccnc2)c2nn[nH]n2)c1. The standard InChI is InChI=1S/C16H16N6O/c1-11-4-2-6-13(8-11)18-16(23)14(15-19-21-22-20-15)9-12-5-3-7-17-10-12/h2-8,10,14H,9H2,1H3,(H,18,23)(H,19,20,21,22)/t14-/m1/s1. The highest BCUT2D eigenvalue weighted by atomic mass is 16.1. The molecule has 0 unspecified atom stereocenters. The van der Waals surface area contributed by atoms with Crippen LogP contribution in [0.3, 0.4) is 0 Å². The molecular weight excluding hydrogens is 292 g/mol. The second-order valence-corrected chi connectivity index (χ2v) is 5.25. The van der Waals surface area contributed by atoms with Gasteiger partial charge in [0.25, 0.3) is 0 Å². The Kier molecular flexibility index (Phi) is 4.37. The number of rotatable bonds is 5. The Bertz CT molecular complexity index is 772. The van der Waals surface area contributed by atoms with Crippen LogP contribution in [0.2, 0.25) is 0 Å². The summed E-state index contributed by atoms with van der Waals surface area (Å²) in [6.45, 7) is 1.97. The average Bonchev–Trinajstić information content (AvgIpc) is 3.07. The Morgan fingerprint density at radius 1 is 1.30 bits per heavy atom. The minimum Gasteiger partial charge on any atom is -0.325 e. The maximum absolute atomic E-state index is 12.7. The quantitative estimate of drug-likeness (QED) is 0.750. The highest BCUT2D eigenvalue weighted by Crippen LogP contribution is 2.20. The number of aromatic amines is 1. The fourth-order valence-electron chi connectivity index (χ4n) is 2.33. The van der Waals surface area contributed by atoms with E-state index in [4.69, 9.17) is 0 Å². The predicted octanol–water partition coefficient (Wildman–Crippen LogP) is 1.87. The molecule has 0 aliphatic heterocycles. The molecule has 0 saturated carbocycles. The number of tetrazole rings is 1. The number of carbonyl (C=O) groups is 1. The van der Waals surface area contributed by atoms with Gasteiger partial charge in [-0.2, -0.15) is 5.21 Å². The van der Waals surface area contributed by atoms with Crippen molar-refractivity contribution in [1.29, 1.82) is 0 Å². The van der Waals surface area contributed by atoms with Gasteiger partial charge < -0.3 is 5.32 Å². The molecule has 3 aromatic rings. The van der Waals surface area contributed by atoms with Gasteiger partial charge in [-0.3, -0.25) is 9.78 Å². The molecule has 2 heterocycles. The fourth-order valence-corrected chi connectivity index (χ4v) is 2.33. The molecule has 116 valence electrons. The first-order valence-corrected chi connectivity index (χ1v) is 7.22. The van der Waals surface area contributed by atoms with E-state index in [1.807, 2.05) is 43.3 Å². The Labute approximate surface area is 133 Å². The van der Waals surface area contributed by atoms with Gasteiger partial charge >= 0.3 is 0 Å². The Balaban J connectivity index is 1.82. The van der Waals surface area contributed by atoms with E-state index in [1.54, 1.807) is 12.4 Å². The van der Waals surface area contributed by atoms with Gasteiger partial charge in [-0.15, -0.1) is 10.2 Å². The van der Waals surface area contributed by atoms with Crippen molar-refractivity contribution >= 4 is 11.6 Å². The molecule has 0 saturated heterocycles. The van der Waals surface area contributed by atoms with Gasteiger partial charge in [0.1, 0.15) is 5.92 Å². The van der Waals surface area contributed by atoms with Crippen LogP contribution in [-0.2, 0) is 11.2 Å². The summed E-state index contributed by atoms with van der Waals surface area (Å²) in [7, 11) is 0. The number of amides is 1. The molecule has 0 spiro atoms. The maximum atomic E-state index is 12.7. The van der Waals surface area contributed by atoms with Gasteiger partial charge in [-0.05, 0) is 42.7 Å². The molecule has 1 amide bonds. The lowest BCUT2D eigenvalue weighted by molar-refractivity contribution is -0.117. The van der Waals surface area contributed by atoms with Gasteiger partial charge in [-0.1, -0.05) is 23.4 Å². The highest BCUT2D eigenvalue weighted by molar-refractivity contribution is 5.95. The van der Waals surface area contributed by atoms with Gasteiger partial charge in [0.2, 0.25) is 5.91 Å². The normalized spacial score (nSPS) is 11.9. The van der Waals surface area contributed by atoms with Crippen LogP contribution in [0.5, 0.6) is 0 Å². The van der Waals surface area contributed by atoms with E-state index >= 15 is 0 Å². The monoisotopic (exact) mass is 308 g/mol. The first kappa shape index (κ1) is 14.8. The smallest absolute Gasteiger partial charge is 0.235 e. The van der Waals surface area contributed by atoms with Crippen molar-refractivity contribution in [3.63, 3.8) is 0 Å². The number of aryl methyl sites for hydroxylation is 1. The van der Waals surface area contributed by atoms with Crippen molar-refractivity contribution in [3.05, 3.63) is 65.7 Å². The number of hydrogen-bond donors (Lipinski definition) is 2. The summed E-state index contributed by atoms with van der Waals surface area (Å²) in [4.78, 5) is 16.8. The molecule has 0 aliphatic carbocycles. The molecule has 7 heteroatoms. The van der Waals surface area contributed by atoms with Crippen LogP contribution >= 0.6 is 0 Å². The molecular formula is C16H16N6O. The summed E-state index contributed by atoms with van der Waals surface area (Å²) in [6, 6.07) is 11.4. The van der Waals surface area contributed by atoms with Gasteiger partial charge in [0.05, 0.1) is 0 Å². The summed E-state index contributed by atoms with van der Waals surface area (Å²) in [5.41, 5.74) is 2.75. The van der Waals surface area contributed by atoms with Crippen molar-refractivity contribution in [2.45, 2.75) is 19.3 Å². The molecule has 1 atom stereocenters. The minimum atomic E-state index is -0.543.